The fourth-order valence-electron chi connectivity index (χ4n) is 6.53. The molecule has 1 aliphatic rings. The molecule has 0 bridgehead atoms. The van der Waals surface area contributed by atoms with Gasteiger partial charge in [0.1, 0.15) is 0 Å². The Morgan fingerprint density at radius 1 is 0.667 bits per heavy atom. The monoisotopic (exact) mass is 582 g/mol. The molecule has 1 unspecified atom stereocenters. The number of nitrogen functional groups attached to an aromatic ring is 1. The highest BCUT2D eigenvalue weighted by Gasteiger charge is 2.41. The molecule has 6 rings (SSSR count). The van der Waals surface area contributed by atoms with Gasteiger partial charge in [0.05, 0.1) is 5.41 Å². The van der Waals surface area contributed by atoms with Gasteiger partial charge < -0.3 is 11.5 Å². The molecule has 4 N–H and O–H groups in total. The van der Waals surface area contributed by atoms with E-state index in [2.05, 4.69) is 141 Å². The van der Waals surface area contributed by atoms with Crippen molar-refractivity contribution in [3.8, 4) is 22.3 Å². The molecule has 0 heterocycles. The maximum Gasteiger partial charge on any atom is 0.0518 e. The molecule has 0 aliphatic heterocycles. The lowest BCUT2D eigenvalue weighted by Gasteiger charge is -2.38. The average molecular weight is 583 g/mol. The van der Waals surface area contributed by atoms with E-state index in [0.717, 1.165) is 39.1 Å². The minimum Gasteiger partial charge on any atom is -0.404 e. The van der Waals surface area contributed by atoms with E-state index < -0.39 is 5.41 Å². The number of benzene rings is 5. The zero-order valence-electron chi connectivity index (χ0n) is 25.7. The van der Waals surface area contributed by atoms with Gasteiger partial charge in [-0.15, -0.1) is 0 Å². The number of aryl methyl sites for hydroxylation is 1. The van der Waals surface area contributed by atoms with Crippen LogP contribution in [0.15, 0.2) is 164 Å². The summed E-state index contributed by atoms with van der Waals surface area (Å²) in [6.07, 6.45) is 16.8. The lowest BCUT2D eigenvalue weighted by atomic mass is 9.64. The molecule has 0 radical (unpaired) electrons. The number of hydrogen-bond acceptors (Lipinski definition) is 2. The second kappa shape index (κ2) is 13.0. The van der Waals surface area contributed by atoms with Crippen LogP contribution in [0.4, 0.5) is 5.69 Å². The first kappa shape index (κ1) is 29.5. The molecule has 1 aliphatic carbocycles. The Kier molecular flexibility index (Phi) is 8.48. The summed E-state index contributed by atoms with van der Waals surface area (Å²) in [5.41, 5.74) is 25.9. The van der Waals surface area contributed by atoms with Gasteiger partial charge in [-0.2, -0.15) is 0 Å². The van der Waals surface area contributed by atoms with Crippen molar-refractivity contribution in [2.24, 2.45) is 5.73 Å². The van der Waals surface area contributed by atoms with Crippen molar-refractivity contribution < 1.29 is 0 Å². The first-order chi connectivity index (χ1) is 22.0. The van der Waals surface area contributed by atoms with E-state index in [1.807, 2.05) is 24.3 Å². The number of fused-ring (bicyclic) bond motifs is 1. The molecular formula is C43H38N2. The van der Waals surface area contributed by atoms with Crippen LogP contribution in [0.25, 0.3) is 33.9 Å². The van der Waals surface area contributed by atoms with Gasteiger partial charge in [0.15, 0.2) is 0 Å². The highest BCUT2D eigenvalue weighted by atomic mass is 14.6. The second-order valence-corrected chi connectivity index (χ2v) is 11.5. The molecule has 2 nitrogen and oxygen atoms in total. The third-order valence-electron chi connectivity index (χ3n) is 8.75. The van der Waals surface area contributed by atoms with Crippen molar-refractivity contribution in [2.75, 3.05) is 5.73 Å². The molecule has 0 amide bonds. The normalized spacial score (nSPS) is 17.0. The van der Waals surface area contributed by atoms with Crippen LogP contribution in [0, 0.1) is 6.92 Å². The summed E-state index contributed by atoms with van der Waals surface area (Å²) in [7, 11) is 0. The zero-order valence-corrected chi connectivity index (χ0v) is 25.7. The Morgan fingerprint density at radius 2 is 1.36 bits per heavy atom. The van der Waals surface area contributed by atoms with Crippen molar-refractivity contribution >= 4 is 17.3 Å². The van der Waals surface area contributed by atoms with Gasteiger partial charge in [-0.3, -0.25) is 0 Å². The predicted octanol–water partition coefficient (Wildman–Crippen LogP) is 10.3. The van der Waals surface area contributed by atoms with E-state index >= 15 is 0 Å². The van der Waals surface area contributed by atoms with E-state index in [0.29, 0.717) is 6.42 Å². The van der Waals surface area contributed by atoms with Crippen molar-refractivity contribution in [1.29, 1.82) is 0 Å². The summed E-state index contributed by atoms with van der Waals surface area (Å²) in [5.74, 6) is 0. The SMILES string of the molecule is C=C/C=C\C=C/c1ccccc1C1(c2ccccc2N)CC=C/C(=C\N)c2ccc(-c3cccc(-c4ccc(C)cc4)c3)cc21. The van der Waals surface area contributed by atoms with Crippen LogP contribution in [-0.2, 0) is 5.41 Å². The van der Waals surface area contributed by atoms with Gasteiger partial charge in [-0.25, -0.2) is 0 Å². The second-order valence-electron chi connectivity index (χ2n) is 11.5. The molecule has 0 spiro atoms. The maximum atomic E-state index is 6.88. The number of nitrogens with two attached hydrogens (primary N) is 2. The molecule has 0 aromatic heterocycles. The largest absolute Gasteiger partial charge is 0.404 e. The summed E-state index contributed by atoms with van der Waals surface area (Å²) < 4.78 is 0. The van der Waals surface area contributed by atoms with Crippen molar-refractivity contribution in [3.05, 3.63) is 198 Å². The molecule has 2 heteroatoms. The van der Waals surface area contributed by atoms with Gasteiger partial charge in [-0.1, -0.05) is 152 Å². The van der Waals surface area contributed by atoms with Gasteiger partial charge in [0, 0.05) is 11.9 Å². The standard InChI is InChI=1S/C43H38N2/c1-3-4-5-6-13-33-14-7-8-18-39(33)43(40-19-9-10-20-42(40)45)27-12-17-37(30-44)38-26-25-36(29-41(38)43)35-16-11-15-34(28-35)32-23-21-31(2)22-24-32/h3-26,28-30H,1,27,44-45H2,2H3/b5-4-,13-6-,37-30+. The highest BCUT2D eigenvalue weighted by Crippen LogP contribution is 2.51. The van der Waals surface area contributed by atoms with Gasteiger partial charge in [-0.05, 0) is 87.2 Å². The summed E-state index contributed by atoms with van der Waals surface area (Å²) in [6.45, 7) is 5.93. The van der Waals surface area contributed by atoms with Crippen LogP contribution in [0.3, 0.4) is 0 Å². The zero-order chi connectivity index (χ0) is 31.2. The Bertz CT molecular complexity index is 1970. The van der Waals surface area contributed by atoms with Gasteiger partial charge >= 0.3 is 0 Å². The Morgan fingerprint density at radius 3 is 2.11 bits per heavy atom. The quantitative estimate of drug-likeness (QED) is 0.148. The number of allylic oxidation sites excluding steroid dienone is 7. The third kappa shape index (κ3) is 5.71. The van der Waals surface area contributed by atoms with E-state index in [1.165, 1.54) is 27.8 Å². The van der Waals surface area contributed by atoms with Crippen molar-refractivity contribution in [2.45, 2.75) is 18.8 Å². The lowest BCUT2D eigenvalue weighted by Crippen LogP contribution is -2.31. The highest BCUT2D eigenvalue weighted by molar-refractivity contribution is 5.84. The first-order valence-corrected chi connectivity index (χ1v) is 15.4. The van der Waals surface area contributed by atoms with E-state index in [1.54, 1.807) is 12.3 Å². The topological polar surface area (TPSA) is 52.0 Å². The predicted molar refractivity (Wildman–Crippen MR) is 194 cm³/mol. The first-order valence-electron chi connectivity index (χ1n) is 15.4. The Balaban J connectivity index is 1.64. The molecule has 220 valence electrons. The molecule has 5 aromatic rings. The number of hydrogen-bond donors (Lipinski definition) is 2. The van der Waals surface area contributed by atoms with Crippen LogP contribution < -0.4 is 11.5 Å². The van der Waals surface area contributed by atoms with E-state index in [4.69, 9.17) is 11.5 Å². The van der Waals surface area contributed by atoms with Crippen LogP contribution in [0.2, 0.25) is 0 Å². The van der Waals surface area contributed by atoms with E-state index in [9.17, 15) is 0 Å². The lowest BCUT2D eigenvalue weighted by molar-refractivity contribution is 0.630. The molecular weight excluding hydrogens is 544 g/mol. The Labute approximate surface area is 267 Å². The fourth-order valence-corrected chi connectivity index (χ4v) is 6.53. The van der Waals surface area contributed by atoms with E-state index in [-0.39, 0.29) is 0 Å². The minimum atomic E-state index is -0.588. The third-order valence-corrected chi connectivity index (χ3v) is 8.75. The summed E-state index contributed by atoms with van der Waals surface area (Å²) in [5, 5.41) is 0. The average Bonchev–Trinajstić information content (AvgIpc) is 3.24. The summed E-state index contributed by atoms with van der Waals surface area (Å²) in [4.78, 5) is 0. The molecule has 0 fully saturated rings. The van der Waals surface area contributed by atoms with Crippen LogP contribution in [0.1, 0.15) is 39.8 Å². The van der Waals surface area contributed by atoms with Crippen molar-refractivity contribution in [3.63, 3.8) is 0 Å². The number of rotatable bonds is 7. The molecule has 0 saturated carbocycles. The van der Waals surface area contributed by atoms with Crippen LogP contribution in [0.5, 0.6) is 0 Å². The molecule has 0 saturated heterocycles. The minimum absolute atomic E-state index is 0.588. The van der Waals surface area contributed by atoms with Crippen LogP contribution >= 0.6 is 0 Å². The molecule has 5 aromatic carbocycles. The number of anilines is 1. The molecule has 45 heavy (non-hydrogen) atoms. The smallest absolute Gasteiger partial charge is 0.0518 e. The van der Waals surface area contributed by atoms with Crippen LogP contribution in [-0.4, -0.2) is 0 Å². The van der Waals surface area contributed by atoms with Gasteiger partial charge in [0.2, 0.25) is 0 Å². The summed E-state index contributed by atoms with van der Waals surface area (Å²) >= 11 is 0. The Hall–Kier alpha value is -5.60. The van der Waals surface area contributed by atoms with Crippen molar-refractivity contribution in [1.82, 2.24) is 0 Å². The number of para-hydroxylation sites is 1. The fraction of sp³-hybridized carbons (Fsp3) is 0.0698. The maximum absolute atomic E-state index is 6.88. The molecule has 1 atom stereocenters. The van der Waals surface area contributed by atoms with Gasteiger partial charge in [0.25, 0.3) is 0 Å². The summed E-state index contributed by atoms with van der Waals surface area (Å²) in [6, 6.07) is 41.2.